The van der Waals surface area contributed by atoms with Gasteiger partial charge in [0.15, 0.2) is 0 Å². The van der Waals surface area contributed by atoms with Gasteiger partial charge in [0.25, 0.3) is 0 Å². The molecule has 0 aliphatic rings. The number of H-pyrrole nitrogens is 1. The van der Waals surface area contributed by atoms with Crippen LogP contribution in [0.5, 0.6) is 0 Å². The minimum absolute atomic E-state index is 0.347. The first-order valence-corrected chi connectivity index (χ1v) is 4.39. The van der Waals surface area contributed by atoms with Crippen LogP contribution in [0.3, 0.4) is 0 Å². The smallest absolute Gasteiger partial charge is 0.147 e. The number of nitriles is 1. The van der Waals surface area contributed by atoms with Gasteiger partial charge >= 0.3 is 0 Å². The number of para-hydroxylation sites is 1. The van der Waals surface area contributed by atoms with Crippen molar-refractivity contribution in [2.24, 2.45) is 0 Å². The third-order valence-corrected chi connectivity index (χ3v) is 2.44. The summed E-state index contributed by atoms with van der Waals surface area (Å²) in [6.07, 6.45) is 0. The molecule has 0 saturated heterocycles. The highest BCUT2D eigenvalue weighted by Crippen LogP contribution is 2.26. The van der Waals surface area contributed by atoms with E-state index in [1.54, 1.807) is 12.1 Å². The van der Waals surface area contributed by atoms with Crippen molar-refractivity contribution < 1.29 is 4.39 Å². The van der Waals surface area contributed by atoms with Crippen molar-refractivity contribution in [1.29, 1.82) is 5.26 Å². The van der Waals surface area contributed by atoms with E-state index in [2.05, 4.69) is 20.9 Å². The Labute approximate surface area is 82.1 Å². The third-order valence-electron chi connectivity index (χ3n) is 1.85. The first-order chi connectivity index (χ1) is 6.24. The van der Waals surface area contributed by atoms with E-state index in [1.165, 1.54) is 6.07 Å². The Balaban J connectivity index is 2.96. The molecule has 13 heavy (non-hydrogen) atoms. The number of nitrogens with zero attached hydrogens (tertiary/aromatic N) is 1. The Hall–Kier alpha value is -1.34. The van der Waals surface area contributed by atoms with Gasteiger partial charge in [0.05, 0.1) is 11.1 Å². The second-order valence-electron chi connectivity index (χ2n) is 2.59. The summed E-state index contributed by atoms with van der Waals surface area (Å²) in [5, 5.41) is 9.38. The largest absolute Gasteiger partial charge is 0.346 e. The summed E-state index contributed by atoms with van der Waals surface area (Å²) in [6.45, 7) is 0. The molecular weight excluding hydrogens is 235 g/mol. The topological polar surface area (TPSA) is 39.6 Å². The lowest BCUT2D eigenvalue weighted by molar-refractivity contribution is 0.637. The van der Waals surface area contributed by atoms with Crippen LogP contribution in [0, 0.1) is 17.1 Å². The number of benzene rings is 1. The number of aromatic nitrogens is 1. The van der Waals surface area contributed by atoms with Crippen molar-refractivity contribution in [2.45, 2.75) is 0 Å². The molecule has 1 heterocycles. The van der Waals surface area contributed by atoms with Crippen LogP contribution < -0.4 is 0 Å². The second-order valence-corrected chi connectivity index (χ2v) is 3.38. The molecule has 0 atom stereocenters. The summed E-state index contributed by atoms with van der Waals surface area (Å²) in [5.74, 6) is -0.347. The minimum Gasteiger partial charge on any atom is -0.346 e. The minimum atomic E-state index is -0.347. The maximum absolute atomic E-state index is 13.2. The number of hydrogen-bond acceptors (Lipinski definition) is 1. The van der Waals surface area contributed by atoms with Crippen molar-refractivity contribution in [3.63, 3.8) is 0 Å². The third kappa shape index (κ3) is 1.12. The molecule has 0 unspecified atom stereocenters. The Kier molecular flexibility index (Phi) is 1.82. The lowest BCUT2D eigenvalue weighted by Gasteiger charge is -1.89. The Morgan fingerprint density at radius 3 is 2.92 bits per heavy atom. The molecule has 0 bridgehead atoms. The van der Waals surface area contributed by atoms with E-state index >= 15 is 0 Å². The molecule has 0 aliphatic carbocycles. The number of hydrogen-bond donors (Lipinski definition) is 1. The van der Waals surface area contributed by atoms with Gasteiger partial charge in [-0.1, -0.05) is 12.1 Å². The summed E-state index contributed by atoms with van der Waals surface area (Å²) in [4.78, 5) is 2.77. The average Bonchev–Trinajstić information content (AvgIpc) is 2.43. The monoisotopic (exact) mass is 238 g/mol. The summed E-state index contributed by atoms with van der Waals surface area (Å²) in [5.41, 5.74) is 0.806. The van der Waals surface area contributed by atoms with Crippen molar-refractivity contribution >= 4 is 26.8 Å². The maximum atomic E-state index is 13.2. The van der Waals surface area contributed by atoms with E-state index in [0.717, 1.165) is 0 Å². The molecule has 0 amide bonds. The Bertz CT molecular complexity index is 510. The summed E-state index contributed by atoms with van der Waals surface area (Å²) in [7, 11) is 0. The van der Waals surface area contributed by atoms with Gasteiger partial charge in [-0.2, -0.15) is 5.26 Å². The van der Waals surface area contributed by atoms with Crippen LogP contribution in [0.15, 0.2) is 22.8 Å². The molecule has 4 heteroatoms. The van der Waals surface area contributed by atoms with Crippen LogP contribution in [0.25, 0.3) is 10.9 Å². The van der Waals surface area contributed by atoms with Gasteiger partial charge in [-0.15, -0.1) is 0 Å². The van der Waals surface area contributed by atoms with Crippen LogP contribution >= 0.6 is 15.9 Å². The molecule has 2 aromatic rings. The van der Waals surface area contributed by atoms with Gasteiger partial charge in [0.2, 0.25) is 0 Å². The predicted molar refractivity (Wildman–Crippen MR) is 50.7 cm³/mol. The van der Waals surface area contributed by atoms with E-state index in [-0.39, 0.29) is 5.82 Å². The molecule has 2 rings (SSSR count). The molecule has 0 aliphatic heterocycles. The van der Waals surface area contributed by atoms with Crippen LogP contribution in [-0.4, -0.2) is 4.98 Å². The number of nitrogens with one attached hydrogen (secondary N) is 1. The molecule has 1 aromatic carbocycles. The second kappa shape index (κ2) is 2.86. The molecule has 0 radical (unpaired) electrons. The zero-order chi connectivity index (χ0) is 9.42. The SMILES string of the molecule is N#Cc1c(Br)[nH]c2c(F)cccc12. The number of aromatic amines is 1. The van der Waals surface area contributed by atoms with Gasteiger partial charge in [-0.3, -0.25) is 0 Å². The normalized spacial score (nSPS) is 10.2. The number of rotatable bonds is 0. The fourth-order valence-electron chi connectivity index (χ4n) is 1.26. The summed E-state index contributed by atoms with van der Waals surface area (Å²) < 4.78 is 13.7. The number of halogens is 2. The zero-order valence-corrected chi connectivity index (χ0v) is 8.02. The van der Waals surface area contributed by atoms with Crippen molar-refractivity contribution in [1.82, 2.24) is 4.98 Å². The molecule has 0 fully saturated rings. The summed E-state index contributed by atoms with van der Waals surface area (Å²) >= 11 is 3.16. The first kappa shape index (κ1) is 8.27. The molecule has 1 aromatic heterocycles. The van der Waals surface area contributed by atoms with Gasteiger partial charge in [0.1, 0.15) is 16.5 Å². The zero-order valence-electron chi connectivity index (χ0n) is 6.44. The highest BCUT2D eigenvalue weighted by molar-refractivity contribution is 9.10. The lowest BCUT2D eigenvalue weighted by atomic mass is 10.2. The van der Waals surface area contributed by atoms with E-state index in [0.29, 0.717) is 21.1 Å². The van der Waals surface area contributed by atoms with E-state index in [4.69, 9.17) is 5.26 Å². The highest BCUT2D eigenvalue weighted by Gasteiger charge is 2.10. The average molecular weight is 239 g/mol. The molecule has 0 spiro atoms. The molecule has 0 saturated carbocycles. The van der Waals surface area contributed by atoms with Gasteiger partial charge < -0.3 is 4.98 Å². The van der Waals surface area contributed by atoms with Crippen molar-refractivity contribution in [3.05, 3.63) is 34.2 Å². The van der Waals surface area contributed by atoms with Gasteiger partial charge in [-0.05, 0) is 22.0 Å². The quantitative estimate of drug-likeness (QED) is 0.754. The van der Waals surface area contributed by atoms with Crippen LogP contribution in [0.2, 0.25) is 0 Å². The van der Waals surface area contributed by atoms with Crippen LogP contribution in [0.4, 0.5) is 4.39 Å². The molecule has 2 nitrogen and oxygen atoms in total. The Morgan fingerprint density at radius 2 is 2.23 bits per heavy atom. The van der Waals surface area contributed by atoms with E-state index in [9.17, 15) is 4.39 Å². The van der Waals surface area contributed by atoms with Crippen LogP contribution in [-0.2, 0) is 0 Å². The van der Waals surface area contributed by atoms with Crippen LogP contribution in [0.1, 0.15) is 5.56 Å². The summed E-state index contributed by atoms with van der Waals surface area (Å²) in [6, 6.07) is 6.64. The Morgan fingerprint density at radius 1 is 1.46 bits per heavy atom. The van der Waals surface area contributed by atoms with Crippen molar-refractivity contribution in [3.8, 4) is 6.07 Å². The molecular formula is C9H4BrFN2. The number of fused-ring (bicyclic) bond motifs is 1. The predicted octanol–water partition coefficient (Wildman–Crippen LogP) is 2.94. The van der Waals surface area contributed by atoms with E-state index < -0.39 is 0 Å². The highest BCUT2D eigenvalue weighted by atomic mass is 79.9. The first-order valence-electron chi connectivity index (χ1n) is 3.60. The van der Waals surface area contributed by atoms with Crippen molar-refractivity contribution in [2.75, 3.05) is 0 Å². The standard InChI is InChI=1S/C9H4BrFN2/c10-9-6(4-12)5-2-1-3-7(11)8(5)13-9/h1-3,13H. The van der Waals surface area contributed by atoms with E-state index in [1.807, 2.05) is 6.07 Å². The molecule has 1 N–H and O–H groups in total. The maximum Gasteiger partial charge on any atom is 0.147 e. The molecule has 64 valence electrons. The van der Waals surface area contributed by atoms with Gasteiger partial charge in [-0.25, -0.2) is 4.39 Å². The van der Waals surface area contributed by atoms with Gasteiger partial charge in [0, 0.05) is 5.39 Å². The lowest BCUT2D eigenvalue weighted by Crippen LogP contribution is -1.75. The fourth-order valence-corrected chi connectivity index (χ4v) is 1.76. The fraction of sp³-hybridized carbons (Fsp3) is 0.